The standard InChI is InChI=1S/2C23H22ClN9O2.C23H25ClN6O4S.C23H24ClN5O4S/c1-13(26-22(34)19-14(2)28-33-10-5-9-25-21(19)33)17-12-15-6-4-7-16(24)20(15)23(35)32(17)11-8-18-27-29-30-31(18)3;1-13(26-22(34)19-14(2)28-33-10-5-9-25-21(19)33)17-12-15-6-4-7-16(24)20(15)23(35)32(17)11-8-18-27-30-31(3)29-18;1-14(27-22(31)19-15(2)28-30-12-5-9-25-21(19)30)18-13-16-7-4-8-17(24)20(16)23(32)29(18)11-6-10-26-35(3,33)34;1-4-34(32,33)12-11-28-18(13-16-7-5-8-17(24)20(16)23(28)31)14(2)26-22(30)19-15(3)27-29-10-6-9-25-21(19)29/h2*4-7,9-10,12-13H,8,11H2,1-3H3,(H,26,34);4-5,7-9,12-14,26H,6,10-11H2,1-3H3,(H,27,31);5-10,13-14H,4,11-12H2,1-3H3,(H,26,30)/t2*13-;2*14-/m0000/s1. The molecule has 0 aliphatic heterocycles. The molecule has 0 bridgehead atoms. The molecule has 0 radical (unpaired) electrons. The summed E-state index contributed by atoms with van der Waals surface area (Å²) in [6.07, 6.45) is 15.5. The van der Waals surface area contributed by atoms with Crippen LogP contribution in [0, 0.1) is 27.7 Å². The van der Waals surface area contributed by atoms with E-state index in [1.165, 1.54) is 23.0 Å². The summed E-state index contributed by atoms with van der Waals surface area (Å²) >= 11 is 25.4. The third-order valence-electron chi connectivity index (χ3n) is 23.2. The second kappa shape index (κ2) is 41.7. The molecule has 0 aliphatic rings. The normalized spacial score (nSPS) is 12.6. The molecule has 18 rings (SSSR count). The number of hydrogen-bond donors (Lipinski definition) is 5. The Balaban J connectivity index is 0.000000140. The molecule has 0 aliphatic carbocycles. The monoisotopic (exact) mass is 2000 g/mol. The van der Waals surface area contributed by atoms with Crippen molar-refractivity contribution in [3.8, 4) is 0 Å². The number of benzene rings is 4. The summed E-state index contributed by atoms with van der Waals surface area (Å²) in [5.41, 5.74) is 6.51. The third kappa shape index (κ3) is 21.4. The molecule has 14 aromatic heterocycles. The van der Waals surface area contributed by atoms with Crippen molar-refractivity contribution >= 4 is 156 Å². The molecule has 4 aromatic carbocycles. The highest BCUT2D eigenvalue weighted by Crippen LogP contribution is 2.31. The summed E-state index contributed by atoms with van der Waals surface area (Å²) in [6.45, 7) is 16.7. The number of tetrazole rings is 2. The molecule has 718 valence electrons. The van der Waals surface area contributed by atoms with Crippen molar-refractivity contribution in [1.82, 2.24) is 143 Å². The minimum Gasteiger partial charge on any atom is -0.344 e. The predicted molar refractivity (Wildman–Crippen MR) is 524 cm³/mol. The Hall–Kier alpha value is -14.8. The van der Waals surface area contributed by atoms with Crippen LogP contribution in [0.25, 0.3) is 65.7 Å². The summed E-state index contributed by atoms with van der Waals surface area (Å²) in [6, 6.07) is 33.0. The molecule has 4 atom stereocenters. The van der Waals surface area contributed by atoms with Crippen molar-refractivity contribution in [3.05, 3.63) is 312 Å². The second-order valence-electron chi connectivity index (χ2n) is 32.8. The molecule has 47 heteroatoms. The first-order chi connectivity index (χ1) is 66.4. The lowest BCUT2D eigenvalue weighted by atomic mass is 10.1. The molecule has 139 heavy (non-hydrogen) atoms. The van der Waals surface area contributed by atoms with Crippen LogP contribution in [0.15, 0.2) is 190 Å². The number of hydrogen-bond acceptors (Lipinski definition) is 26. The van der Waals surface area contributed by atoms with Gasteiger partial charge in [-0.15, -0.1) is 15.3 Å². The van der Waals surface area contributed by atoms with Gasteiger partial charge < -0.3 is 39.5 Å². The maximum Gasteiger partial charge on any atom is 0.260 e. The molecule has 0 unspecified atom stereocenters. The molecule has 5 N–H and O–H groups in total. The van der Waals surface area contributed by atoms with Gasteiger partial charge in [0.15, 0.2) is 44.1 Å². The van der Waals surface area contributed by atoms with Crippen molar-refractivity contribution in [2.24, 2.45) is 14.1 Å². The zero-order chi connectivity index (χ0) is 99.3. The molecule has 41 nitrogen and oxygen atoms in total. The highest BCUT2D eigenvalue weighted by Gasteiger charge is 2.30. The summed E-state index contributed by atoms with van der Waals surface area (Å²) in [4.78, 5) is 125. The number of aryl methyl sites for hydroxylation is 8. The minimum atomic E-state index is -3.35. The van der Waals surface area contributed by atoms with Gasteiger partial charge in [0.25, 0.3) is 45.9 Å². The first-order valence-corrected chi connectivity index (χ1v) is 48.9. The van der Waals surface area contributed by atoms with Crippen LogP contribution in [0.4, 0.5) is 0 Å². The van der Waals surface area contributed by atoms with Gasteiger partial charge in [-0.05, 0) is 172 Å². The predicted octanol–water partition coefficient (Wildman–Crippen LogP) is 9.89. The Morgan fingerprint density at radius 2 is 0.727 bits per heavy atom. The molecule has 0 fully saturated rings. The van der Waals surface area contributed by atoms with Gasteiger partial charge in [-0.1, -0.05) is 102 Å². The molecule has 0 saturated heterocycles. The summed E-state index contributed by atoms with van der Waals surface area (Å²) in [5.74, 6) is -0.516. The van der Waals surface area contributed by atoms with Gasteiger partial charge in [-0.2, -0.15) is 25.2 Å². The Morgan fingerprint density at radius 3 is 1.02 bits per heavy atom. The summed E-state index contributed by atoms with van der Waals surface area (Å²) in [5, 5.41) is 58.4. The highest BCUT2D eigenvalue weighted by atomic mass is 35.5. The fourth-order valence-corrected chi connectivity index (χ4v) is 18.8. The van der Waals surface area contributed by atoms with E-state index in [0.29, 0.717) is 193 Å². The van der Waals surface area contributed by atoms with E-state index in [4.69, 9.17) is 46.4 Å². The molecule has 18 aromatic rings. The minimum absolute atomic E-state index is 0.0290. The summed E-state index contributed by atoms with van der Waals surface area (Å²) < 4.78 is 63.5. The number of fused-ring (bicyclic) bond motifs is 8. The van der Waals surface area contributed by atoms with Crippen LogP contribution in [-0.4, -0.2) is 182 Å². The van der Waals surface area contributed by atoms with Crippen molar-refractivity contribution in [1.29, 1.82) is 0 Å². The van der Waals surface area contributed by atoms with Gasteiger partial charge in [0.05, 0.1) is 108 Å². The topological polar surface area (TPSA) is 493 Å². The smallest absolute Gasteiger partial charge is 0.260 e. The number of sulfonamides is 1. The number of carbonyl (C=O) groups is 4. The van der Waals surface area contributed by atoms with E-state index < -0.39 is 55.5 Å². The number of nitrogens with zero attached hydrogens (tertiary/aromatic N) is 24. The van der Waals surface area contributed by atoms with Crippen LogP contribution in [0.1, 0.15) is 164 Å². The lowest BCUT2D eigenvalue weighted by Crippen LogP contribution is -2.34. The van der Waals surface area contributed by atoms with E-state index in [1.807, 2.05) is 44.2 Å². The van der Waals surface area contributed by atoms with Gasteiger partial charge in [-0.25, -0.2) is 64.2 Å². The van der Waals surface area contributed by atoms with Crippen LogP contribution in [0.2, 0.25) is 20.1 Å². The fourth-order valence-electron chi connectivity index (χ4n) is 16.5. The average Bonchev–Trinajstić information content (AvgIpc) is 1.43. The first-order valence-electron chi connectivity index (χ1n) is 43.7. The van der Waals surface area contributed by atoms with Gasteiger partial charge >= 0.3 is 0 Å². The number of rotatable bonds is 27. The Bertz CT molecular complexity index is 8370. The van der Waals surface area contributed by atoms with E-state index in [0.717, 1.165) is 6.26 Å². The van der Waals surface area contributed by atoms with Crippen LogP contribution in [0.3, 0.4) is 0 Å². The lowest BCUT2D eigenvalue weighted by molar-refractivity contribution is 0.0930. The van der Waals surface area contributed by atoms with E-state index >= 15 is 0 Å². The van der Waals surface area contributed by atoms with Gasteiger partial charge in [0, 0.05) is 131 Å². The highest BCUT2D eigenvalue weighted by molar-refractivity contribution is 7.91. The Kier molecular flexibility index (Phi) is 29.6. The first kappa shape index (κ1) is 98.7. The zero-order valence-corrected chi connectivity index (χ0v) is 81.7. The summed E-state index contributed by atoms with van der Waals surface area (Å²) in [7, 11) is -3.26. The maximum absolute atomic E-state index is 13.5. The maximum atomic E-state index is 13.5. The number of pyridine rings is 4. The van der Waals surface area contributed by atoms with Crippen LogP contribution < -0.4 is 48.2 Å². The average molecular weight is 2000 g/mol. The lowest BCUT2D eigenvalue weighted by Gasteiger charge is -2.21. The molecular formula is C92H93Cl4N29O12S2. The number of halogens is 4. The number of sulfone groups is 1. The molecule has 4 amide bonds. The quantitative estimate of drug-likeness (QED) is 0.0299. The largest absolute Gasteiger partial charge is 0.344 e. The van der Waals surface area contributed by atoms with Crippen molar-refractivity contribution in [3.63, 3.8) is 0 Å². The number of amides is 4. The van der Waals surface area contributed by atoms with Crippen molar-refractivity contribution in [2.75, 3.05) is 24.3 Å². The molecule has 14 heterocycles. The third-order valence-corrected chi connectivity index (χ3v) is 26.9. The van der Waals surface area contributed by atoms with Gasteiger partial charge in [0.1, 0.15) is 22.3 Å². The van der Waals surface area contributed by atoms with Crippen molar-refractivity contribution in [2.45, 2.75) is 132 Å². The van der Waals surface area contributed by atoms with Crippen LogP contribution >= 0.6 is 46.4 Å². The molecule has 0 spiro atoms. The fraction of sp³-hybridized carbons (Fsp3) is 0.283. The van der Waals surface area contributed by atoms with Gasteiger partial charge in [-0.3, -0.25) is 38.4 Å². The SMILES string of the molecule is CCS(=O)(=O)CCn1c([C@H](C)NC(=O)c2c(C)nn3cccnc23)cc2cccc(Cl)c2c1=O.Cc1nn2cccnc2c1C(=O)N[C@@H](C)c1cc2cccc(Cl)c2c(=O)n1CCCNS(C)(=O)=O.Cc1nn2cccnc2c1C(=O)N[C@@H](C)c1cc2cccc(Cl)c2c(=O)n1CCc1nnn(C)n1.Cc1nn2cccnc2c1C(=O)N[C@@H](C)c1cc2cccc(Cl)c2c(=O)n1CCc1nnnn1C. The Labute approximate surface area is 811 Å². The van der Waals surface area contributed by atoms with E-state index in [-0.39, 0.29) is 70.6 Å². The molecular weight excluding hydrogens is 1910 g/mol. The van der Waals surface area contributed by atoms with Crippen molar-refractivity contribution < 1.29 is 36.0 Å². The van der Waals surface area contributed by atoms with E-state index in [9.17, 15) is 55.2 Å². The Morgan fingerprint density at radius 1 is 0.410 bits per heavy atom. The van der Waals surface area contributed by atoms with Crippen LogP contribution in [-0.2, 0) is 73.0 Å². The number of aromatic nitrogens is 24. The molecule has 0 saturated carbocycles. The zero-order valence-electron chi connectivity index (χ0n) is 77.0. The van der Waals surface area contributed by atoms with E-state index in [2.05, 4.69) is 97.3 Å². The van der Waals surface area contributed by atoms with Crippen LogP contribution in [0.5, 0.6) is 0 Å². The second-order valence-corrected chi connectivity index (χ2v) is 38.7. The number of carbonyl (C=O) groups excluding carboxylic acids is 4. The van der Waals surface area contributed by atoms with Gasteiger partial charge in [0.2, 0.25) is 10.0 Å². The van der Waals surface area contributed by atoms with E-state index in [1.54, 1.807) is 226 Å². The number of nitrogens with one attached hydrogen (secondary N) is 5.